The molecule has 0 bridgehead atoms. The Labute approximate surface area is 186 Å². The molecule has 6 heteroatoms. The SMILES string of the molecule is COc1nc(-c2ccc3c4c2C=CC2=CC=CC(C=C3)C24)nc(C2C(O)=CCCC2O)n1. The van der Waals surface area contributed by atoms with Gasteiger partial charge in [0.2, 0.25) is 0 Å². The summed E-state index contributed by atoms with van der Waals surface area (Å²) in [7, 11) is 1.51. The van der Waals surface area contributed by atoms with Crippen molar-refractivity contribution in [3.05, 3.63) is 82.4 Å². The van der Waals surface area contributed by atoms with Crippen LogP contribution in [0.4, 0.5) is 0 Å². The number of methoxy groups -OCH3 is 1. The molecule has 2 N–H and O–H groups in total. The molecule has 1 heterocycles. The Bertz CT molecular complexity index is 1270. The Morgan fingerprint density at radius 3 is 2.78 bits per heavy atom. The van der Waals surface area contributed by atoms with Crippen molar-refractivity contribution in [2.45, 2.75) is 30.8 Å². The standard InChI is InChI=1S/C26H23N3O3/c1-32-26-28-24(27-25(29-26)23-19(30)6-3-7-20(23)31)18-13-11-16-9-8-14-4-2-5-15-10-12-17(18)22(16)21(14)15/h2,4-6,8-14,20-21,23,30-31H,3,7H2,1H3. The first-order chi connectivity index (χ1) is 15.6. The van der Waals surface area contributed by atoms with Crippen LogP contribution >= 0.6 is 0 Å². The Morgan fingerprint density at radius 1 is 1.03 bits per heavy atom. The van der Waals surface area contributed by atoms with Crippen LogP contribution in [0.2, 0.25) is 0 Å². The lowest BCUT2D eigenvalue weighted by molar-refractivity contribution is 0.114. The van der Waals surface area contributed by atoms with Gasteiger partial charge in [-0.2, -0.15) is 9.97 Å². The van der Waals surface area contributed by atoms with Gasteiger partial charge < -0.3 is 14.9 Å². The molecule has 6 nitrogen and oxygen atoms in total. The number of hydrogen-bond acceptors (Lipinski definition) is 6. The normalized spacial score (nSPS) is 26.9. The van der Waals surface area contributed by atoms with E-state index in [1.165, 1.54) is 23.8 Å². The van der Waals surface area contributed by atoms with Gasteiger partial charge in [-0.25, -0.2) is 4.98 Å². The second-order valence-electron chi connectivity index (χ2n) is 8.58. The summed E-state index contributed by atoms with van der Waals surface area (Å²) in [6, 6.07) is 4.31. The third kappa shape index (κ3) is 2.87. The van der Waals surface area contributed by atoms with E-state index in [-0.39, 0.29) is 17.7 Å². The van der Waals surface area contributed by atoms with E-state index in [9.17, 15) is 10.2 Å². The minimum absolute atomic E-state index is 0.0892. The van der Waals surface area contributed by atoms with E-state index in [1.54, 1.807) is 6.08 Å². The molecule has 2 aromatic rings. The first kappa shape index (κ1) is 19.2. The highest BCUT2D eigenvalue weighted by atomic mass is 16.5. The van der Waals surface area contributed by atoms with Crippen LogP contribution in [0.5, 0.6) is 6.01 Å². The molecule has 4 aliphatic carbocycles. The number of aliphatic hydroxyl groups is 2. The van der Waals surface area contributed by atoms with Gasteiger partial charge >= 0.3 is 6.01 Å². The van der Waals surface area contributed by atoms with Gasteiger partial charge in [-0.15, -0.1) is 0 Å². The van der Waals surface area contributed by atoms with Crippen LogP contribution in [0.25, 0.3) is 23.5 Å². The summed E-state index contributed by atoms with van der Waals surface area (Å²) in [5.74, 6) is 0.821. The van der Waals surface area contributed by atoms with E-state index in [0.29, 0.717) is 30.4 Å². The number of allylic oxidation sites excluding steroid dienone is 7. The van der Waals surface area contributed by atoms with Gasteiger partial charge in [-0.05, 0) is 47.2 Å². The zero-order valence-corrected chi connectivity index (χ0v) is 17.6. The summed E-state index contributed by atoms with van der Waals surface area (Å²) in [6.07, 6.45) is 17.4. The third-order valence-corrected chi connectivity index (χ3v) is 6.79. The molecular formula is C26H23N3O3. The van der Waals surface area contributed by atoms with Gasteiger partial charge in [0.15, 0.2) is 5.82 Å². The second kappa shape index (κ2) is 7.28. The average Bonchev–Trinajstić information content (AvgIpc) is 2.82. The smallest absolute Gasteiger partial charge is 0.319 e. The number of benzene rings is 1. The van der Waals surface area contributed by atoms with Gasteiger partial charge in [-0.1, -0.05) is 48.6 Å². The maximum absolute atomic E-state index is 10.5. The highest BCUT2D eigenvalue weighted by Gasteiger charge is 2.35. The molecule has 1 aromatic heterocycles. The van der Waals surface area contributed by atoms with Crippen LogP contribution in [-0.2, 0) is 0 Å². The maximum atomic E-state index is 10.5. The quantitative estimate of drug-likeness (QED) is 0.754. The van der Waals surface area contributed by atoms with Crippen molar-refractivity contribution < 1.29 is 14.9 Å². The lowest BCUT2D eigenvalue weighted by Crippen LogP contribution is -2.26. The molecule has 32 heavy (non-hydrogen) atoms. The third-order valence-electron chi connectivity index (χ3n) is 6.79. The van der Waals surface area contributed by atoms with E-state index in [2.05, 4.69) is 58.6 Å². The summed E-state index contributed by atoms with van der Waals surface area (Å²) in [5.41, 5.74) is 5.78. The summed E-state index contributed by atoms with van der Waals surface area (Å²) >= 11 is 0. The van der Waals surface area contributed by atoms with Crippen molar-refractivity contribution in [1.29, 1.82) is 0 Å². The molecule has 4 aliphatic rings. The van der Waals surface area contributed by atoms with Crippen molar-refractivity contribution >= 4 is 12.2 Å². The van der Waals surface area contributed by atoms with E-state index < -0.39 is 12.0 Å². The van der Waals surface area contributed by atoms with Gasteiger partial charge in [0.1, 0.15) is 17.5 Å². The number of aliphatic hydroxyl groups excluding tert-OH is 2. The van der Waals surface area contributed by atoms with Gasteiger partial charge in [-0.3, -0.25) is 0 Å². The van der Waals surface area contributed by atoms with Crippen molar-refractivity contribution in [2.24, 2.45) is 5.92 Å². The van der Waals surface area contributed by atoms with E-state index in [0.717, 1.165) is 11.1 Å². The van der Waals surface area contributed by atoms with Gasteiger partial charge in [0.05, 0.1) is 13.2 Å². The molecule has 4 atom stereocenters. The number of rotatable bonds is 3. The molecule has 6 rings (SSSR count). The summed E-state index contributed by atoms with van der Waals surface area (Å²) in [4.78, 5) is 13.6. The maximum Gasteiger partial charge on any atom is 0.319 e. The molecule has 0 amide bonds. The molecule has 0 aliphatic heterocycles. The predicted molar refractivity (Wildman–Crippen MR) is 122 cm³/mol. The molecule has 0 radical (unpaired) electrons. The van der Waals surface area contributed by atoms with Gasteiger partial charge in [0.25, 0.3) is 0 Å². The number of ether oxygens (including phenoxy) is 1. The lowest BCUT2D eigenvalue weighted by atomic mass is 9.68. The molecule has 0 fully saturated rings. The molecule has 4 unspecified atom stereocenters. The highest BCUT2D eigenvalue weighted by Crippen LogP contribution is 2.49. The Hall–Kier alpha value is -3.51. The largest absolute Gasteiger partial charge is 0.512 e. The average molecular weight is 425 g/mol. The summed E-state index contributed by atoms with van der Waals surface area (Å²) in [5, 5.41) is 21.0. The van der Waals surface area contributed by atoms with Crippen LogP contribution in [0.15, 0.2) is 59.9 Å². The van der Waals surface area contributed by atoms with Crippen LogP contribution in [0.1, 0.15) is 47.2 Å². The monoisotopic (exact) mass is 425 g/mol. The fourth-order valence-electron chi connectivity index (χ4n) is 5.26. The van der Waals surface area contributed by atoms with Crippen LogP contribution in [-0.4, -0.2) is 38.4 Å². The topological polar surface area (TPSA) is 88.4 Å². The predicted octanol–water partition coefficient (Wildman–Crippen LogP) is 4.48. The molecular weight excluding hydrogens is 402 g/mol. The molecule has 160 valence electrons. The Balaban J connectivity index is 1.53. The lowest BCUT2D eigenvalue weighted by Gasteiger charge is -2.35. The summed E-state index contributed by atoms with van der Waals surface area (Å²) in [6.45, 7) is 0. The minimum Gasteiger partial charge on any atom is -0.512 e. The van der Waals surface area contributed by atoms with Crippen molar-refractivity contribution in [3.63, 3.8) is 0 Å². The van der Waals surface area contributed by atoms with Crippen molar-refractivity contribution in [2.75, 3.05) is 7.11 Å². The van der Waals surface area contributed by atoms with Crippen LogP contribution < -0.4 is 4.74 Å². The van der Waals surface area contributed by atoms with Gasteiger partial charge in [0, 0.05) is 17.4 Å². The fraction of sp³-hybridized carbons (Fsp3) is 0.269. The second-order valence-corrected chi connectivity index (χ2v) is 8.58. The minimum atomic E-state index is -0.755. The molecule has 0 saturated carbocycles. The molecule has 0 spiro atoms. The highest BCUT2D eigenvalue weighted by molar-refractivity contribution is 5.83. The zero-order valence-electron chi connectivity index (χ0n) is 17.6. The molecule has 0 saturated heterocycles. The summed E-state index contributed by atoms with van der Waals surface area (Å²) < 4.78 is 5.37. The molecule has 1 aromatic carbocycles. The first-order valence-electron chi connectivity index (χ1n) is 10.9. The van der Waals surface area contributed by atoms with Crippen LogP contribution in [0, 0.1) is 5.92 Å². The first-order valence-corrected chi connectivity index (χ1v) is 10.9. The Kier molecular flexibility index (Phi) is 4.36. The van der Waals surface area contributed by atoms with E-state index in [4.69, 9.17) is 9.72 Å². The zero-order chi connectivity index (χ0) is 21.8. The van der Waals surface area contributed by atoms with Crippen molar-refractivity contribution in [1.82, 2.24) is 15.0 Å². The number of hydrogen-bond donors (Lipinski definition) is 2. The van der Waals surface area contributed by atoms with Crippen LogP contribution in [0.3, 0.4) is 0 Å². The Morgan fingerprint density at radius 2 is 1.94 bits per heavy atom. The fourth-order valence-corrected chi connectivity index (χ4v) is 5.26. The van der Waals surface area contributed by atoms with E-state index >= 15 is 0 Å². The van der Waals surface area contributed by atoms with E-state index in [1.807, 2.05) is 6.07 Å². The van der Waals surface area contributed by atoms with Crippen molar-refractivity contribution in [3.8, 4) is 17.4 Å². The number of nitrogens with zero attached hydrogens (tertiary/aromatic N) is 3. The number of aromatic nitrogens is 3.